The zero-order valence-electron chi connectivity index (χ0n) is 31.4. The molecule has 0 saturated carbocycles. The van der Waals surface area contributed by atoms with Crippen LogP contribution in [0.2, 0.25) is 0 Å². The highest BCUT2D eigenvalue weighted by Gasteiger charge is 2.52. The summed E-state index contributed by atoms with van der Waals surface area (Å²) in [5, 5.41) is 131. The molecular formula is C34H28O22. The van der Waals surface area contributed by atoms with E-state index < -0.39 is 177 Å². The summed E-state index contributed by atoms with van der Waals surface area (Å²) in [5.41, 5.74) is -4.08. The maximum atomic E-state index is 13.5. The van der Waals surface area contributed by atoms with Crippen LogP contribution in [0.3, 0.4) is 0 Å². The van der Waals surface area contributed by atoms with Crippen molar-refractivity contribution in [3.8, 4) is 69.0 Å². The van der Waals surface area contributed by atoms with E-state index in [4.69, 9.17) is 29.2 Å². The molecule has 56 heavy (non-hydrogen) atoms. The number of benzene rings is 4. The quantitative estimate of drug-likeness (QED) is 0.0630. The van der Waals surface area contributed by atoms with Crippen molar-refractivity contribution in [1.29, 1.82) is 0 Å². The SMILES string of the molecule is [2H]c1c(C(=O)OC[C@H]2OC(OC(=O)c3cc(O)c(O)c(O)c3[2H])[C@H](OC(=O)c3cc(O)c(O)c(O)c3[2H])[C@@H](OC(=O)c3cc(O)c(O)c(O)c3[2H])[C@@H]2O)cc(O)c(O)c1O. The Morgan fingerprint density at radius 3 is 1.20 bits per heavy atom. The second-order valence-electron chi connectivity index (χ2n) is 11.3. The van der Waals surface area contributed by atoms with Gasteiger partial charge in [-0.15, -0.1) is 0 Å². The van der Waals surface area contributed by atoms with Gasteiger partial charge in [-0.05, 0) is 48.4 Å². The zero-order valence-corrected chi connectivity index (χ0v) is 27.4. The highest BCUT2D eigenvalue weighted by Crippen LogP contribution is 2.40. The predicted octanol–water partition coefficient (Wildman–Crippen LogP) is 0.705. The van der Waals surface area contributed by atoms with Crippen LogP contribution >= 0.6 is 0 Å². The van der Waals surface area contributed by atoms with E-state index in [-0.39, 0.29) is 0 Å². The number of aliphatic hydroxyl groups excluding tert-OH is 1. The molecule has 1 heterocycles. The standard InChI is InChI=1S/C34H28O22/c35-14-1-10(2-15(36)23(14)43)30(48)52-9-22-27(47)28(54-31(49)11-3-16(37)24(44)17(38)4-11)29(55-32(50)12-5-18(39)25(45)19(40)6-12)34(53-22)56-33(51)13-7-20(41)26(46)21(42)8-13/h1-8,22,27-29,34-47H,9H2/t22-,27-,28+,29-,34?/m1/s1/i1D,3D,5D,7D. The Morgan fingerprint density at radius 2 is 0.821 bits per heavy atom. The van der Waals surface area contributed by atoms with Crippen molar-refractivity contribution in [3.05, 3.63) is 70.7 Å². The highest BCUT2D eigenvalue weighted by atomic mass is 16.7. The van der Waals surface area contributed by atoms with E-state index in [1.807, 2.05) is 0 Å². The van der Waals surface area contributed by atoms with E-state index >= 15 is 0 Å². The van der Waals surface area contributed by atoms with Crippen LogP contribution < -0.4 is 0 Å². The van der Waals surface area contributed by atoms with Crippen LogP contribution in [-0.4, -0.2) is 128 Å². The third-order valence-corrected chi connectivity index (χ3v) is 7.59. The predicted molar refractivity (Wildman–Crippen MR) is 175 cm³/mol. The van der Waals surface area contributed by atoms with Crippen LogP contribution in [-0.2, 0) is 23.7 Å². The minimum absolute atomic E-state index is 0.395. The number of aliphatic hydroxyl groups is 1. The lowest BCUT2D eigenvalue weighted by Crippen LogP contribution is -2.62. The van der Waals surface area contributed by atoms with Crippen LogP contribution in [0.5, 0.6) is 69.0 Å². The minimum Gasteiger partial charge on any atom is -0.504 e. The average molecular weight is 793 g/mol. The molecule has 5 rings (SSSR count). The molecule has 0 bridgehead atoms. The number of aromatic hydroxyl groups is 12. The fraction of sp³-hybridized carbons (Fsp3) is 0.176. The average Bonchev–Trinajstić information content (AvgIpc) is 3.21. The van der Waals surface area contributed by atoms with Gasteiger partial charge in [0, 0.05) is 0 Å². The van der Waals surface area contributed by atoms with Crippen molar-refractivity contribution in [1.82, 2.24) is 0 Å². The number of rotatable bonds is 9. The molecule has 0 spiro atoms. The molecular weight excluding hydrogens is 760 g/mol. The molecule has 4 aromatic carbocycles. The molecule has 13 N–H and O–H groups in total. The van der Waals surface area contributed by atoms with E-state index in [1.54, 1.807) is 0 Å². The fourth-order valence-corrected chi connectivity index (χ4v) is 4.80. The summed E-state index contributed by atoms with van der Waals surface area (Å²) in [6, 6.07) is -2.98. The smallest absolute Gasteiger partial charge is 0.340 e. The van der Waals surface area contributed by atoms with Gasteiger partial charge in [-0.3, -0.25) is 0 Å². The number of carbonyl (C=O) groups excluding carboxylic acids is 4. The molecule has 296 valence electrons. The third kappa shape index (κ3) is 7.95. The Bertz CT molecular complexity index is 2460. The van der Waals surface area contributed by atoms with Gasteiger partial charge >= 0.3 is 23.9 Å². The van der Waals surface area contributed by atoms with E-state index in [1.165, 1.54) is 0 Å². The Labute approximate surface area is 315 Å². The Hall–Kier alpha value is -7.72. The first-order valence-electron chi connectivity index (χ1n) is 17.1. The summed E-state index contributed by atoms with van der Waals surface area (Å²) in [7, 11) is 0. The minimum atomic E-state index is -2.61. The van der Waals surface area contributed by atoms with Gasteiger partial charge in [0.2, 0.25) is 12.4 Å². The summed E-state index contributed by atoms with van der Waals surface area (Å²) >= 11 is 0. The number of esters is 4. The second kappa shape index (κ2) is 15.3. The van der Waals surface area contributed by atoms with Crippen molar-refractivity contribution >= 4 is 23.9 Å². The van der Waals surface area contributed by atoms with Crippen molar-refractivity contribution < 1.29 is 115 Å². The molecule has 1 saturated heterocycles. The summed E-state index contributed by atoms with van der Waals surface area (Å²) in [6.45, 7) is -1.25. The number of phenolic OH excluding ortho intramolecular Hbond substituents is 12. The summed E-state index contributed by atoms with van der Waals surface area (Å²) < 4.78 is 58.3. The van der Waals surface area contributed by atoms with Gasteiger partial charge in [-0.1, -0.05) is 0 Å². The molecule has 0 aromatic heterocycles. The van der Waals surface area contributed by atoms with Gasteiger partial charge in [0.05, 0.1) is 27.7 Å². The largest absolute Gasteiger partial charge is 0.504 e. The van der Waals surface area contributed by atoms with Crippen LogP contribution in [0.15, 0.2) is 48.4 Å². The number of carbonyl (C=O) groups is 4. The fourth-order valence-electron chi connectivity index (χ4n) is 4.80. The van der Waals surface area contributed by atoms with Gasteiger partial charge in [-0.2, -0.15) is 0 Å². The van der Waals surface area contributed by atoms with Crippen LogP contribution in [0.1, 0.15) is 46.9 Å². The monoisotopic (exact) mass is 792 g/mol. The van der Waals surface area contributed by atoms with Gasteiger partial charge in [0.1, 0.15) is 18.8 Å². The molecule has 1 aliphatic heterocycles. The van der Waals surface area contributed by atoms with E-state index in [0.29, 0.717) is 24.3 Å². The van der Waals surface area contributed by atoms with Gasteiger partial charge in [-0.25, -0.2) is 19.2 Å². The van der Waals surface area contributed by atoms with Crippen molar-refractivity contribution in [2.24, 2.45) is 0 Å². The van der Waals surface area contributed by atoms with E-state index in [9.17, 15) is 85.6 Å². The number of phenols is 12. The summed E-state index contributed by atoms with van der Waals surface area (Å²) in [5.74, 6) is -22.0. The first-order valence-corrected chi connectivity index (χ1v) is 15.1. The zero-order chi connectivity index (χ0) is 44.8. The lowest BCUT2D eigenvalue weighted by atomic mass is 9.98. The van der Waals surface area contributed by atoms with Crippen molar-refractivity contribution in [3.63, 3.8) is 0 Å². The topological polar surface area (TPSA) is 377 Å². The lowest BCUT2D eigenvalue weighted by molar-refractivity contribution is -0.283. The highest BCUT2D eigenvalue weighted by molar-refractivity contribution is 5.93. The number of hydrogen-bond donors (Lipinski definition) is 13. The molecule has 1 aliphatic rings. The molecule has 0 aliphatic carbocycles. The van der Waals surface area contributed by atoms with Crippen LogP contribution in [0.25, 0.3) is 0 Å². The number of hydrogen-bond acceptors (Lipinski definition) is 22. The van der Waals surface area contributed by atoms with Crippen molar-refractivity contribution in [2.45, 2.75) is 30.7 Å². The van der Waals surface area contributed by atoms with E-state index in [2.05, 4.69) is 0 Å². The second-order valence-corrected chi connectivity index (χ2v) is 11.3. The first-order chi connectivity index (χ1) is 28.0. The normalized spacial score (nSPS) is 20.1. The maximum Gasteiger partial charge on any atom is 0.340 e. The Balaban J connectivity index is 1.62. The Morgan fingerprint density at radius 1 is 0.500 bits per heavy atom. The first kappa shape index (κ1) is 34.1. The van der Waals surface area contributed by atoms with Crippen LogP contribution in [0.4, 0.5) is 0 Å². The molecule has 1 fully saturated rings. The molecule has 4 aromatic rings. The summed E-state index contributed by atoms with van der Waals surface area (Å²) in [6.07, 6.45) is -12.4. The molecule has 0 radical (unpaired) electrons. The lowest BCUT2D eigenvalue weighted by Gasteiger charge is -2.42. The Kier molecular flexibility index (Phi) is 9.33. The van der Waals surface area contributed by atoms with Gasteiger partial charge < -0.3 is 90.1 Å². The van der Waals surface area contributed by atoms with Gasteiger partial charge in [0.25, 0.3) is 0 Å². The molecule has 22 nitrogen and oxygen atoms in total. The number of ether oxygens (including phenoxy) is 5. The van der Waals surface area contributed by atoms with Gasteiger partial charge in [0.15, 0.2) is 75.1 Å². The summed E-state index contributed by atoms with van der Waals surface area (Å²) in [4.78, 5) is 53.5. The molecule has 22 heteroatoms. The third-order valence-electron chi connectivity index (χ3n) is 7.59. The molecule has 0 amide bonds. The van der Waals surface area contributed by atoms with Crippen molar-refractivity contribution in [2.75, 3.05) is 6.61 Å². The maximum absolute atomic E-state index is 13.5. The molecule has 5 atom stereocenters. The molecule has 1 unspecified atom stereocenters. The van der Waals surface area contributed by atoms with E-state index in [0.717, 1.165) is 0 Å². The van der Waals surface area contributed by atoms with Crippen LogP contribution in [0, 0.1) is 0 Å².